The number of hydrogen-bond donors (Lipinski definition) is 2. The van der Waals surface area contributed by atoms with E-state index in [1.165, 1.54) is 199 Å². The SMILES string of the molecule is CCCCCCCCCOC(=O)CCCCCCCN(CCCCCCCC(OC(CCCCCCCC)CCCCCCCC)=C1CCC1)CCCNC(=NC)NOOC(C)=O. The molecule has 10 heteroatoms. The fourth-order valence-corrected chi connectivity index (χ4v) is 8.45. The van der Waals surface area contributed by atoms with E-state index in [4.69, 9.17) is 14.5 Å². The van der Waals surface area contributed by atoms with Gasteiger partial charge in [-0.1, -0.05) is 167 Å². The number of hydroxylamine groups is 1. The molecule has 0 spiro atoms. The largest absolute Gasteiger partial charge is 0.495 e. The van der Waals surface area contributed by atoms with Crippen molar-refractivity contribution in [3.05, 3.63) is 11.3 Å². The summed E-state index contributed by atoms with van der Waals surface area (Å²) in [5.74, 6) is 1.25. The number of allylic oxidation sites excluding steroid dienone is 2. The third-order valence-corrected chi connectivity index (χ3v) is 12.6. The maximum atomic E-state index is 12.2. The van der Waals surface area contributed by atoms with Crippen LogP contribution in [0.25, 0.3) is 0 Å². The van der Waals surface area contributed by atoms with E-state index in [0.29, 0.717) is 25.1 Å². The van der Waals surface area contributed by atoms with Gasteiger partial charge in [-0.3, -0.25) is 14.7 Å². The van der Waals surface area contributed by atoms with Gasteiger partial charge in [-0.15, -0.1) is 0 Å². The van der Waals surface area contributed by atoms with E-state index in [1.807, 2.05) is 0 Å². The van der Waals surface area contributed by atoms with Crippen LogP contribution in [0.4, 0.5) is 0 Å². The number of rotatable bonds is 46. The van der Waals surface area contributed by atoms with Gasteiger partial charge in [0.15, 0.2) is 0 Å². The van der Waals surface area contributed by atoms with Crippen LogP contribution in [0, 0.1) is 0 Å². The van der Waals surface area contributed by atoms with Crippen LogP contribution < -0.4 is 10.8 Å². The summed E-state index contributed by atoms with van der Waals surface area (Å²) in [6, 6.07) is 0. The molecule has 1 aliphatic rings. The zero-order valence-corrected chi connectivity index (χ0v) is 42.1. The highest BCUT2D eigenvalue weighted by Crippen LogP contribution is 2.33. The number of esters is 1. The first-order valence-electron chi connectivity index (χ1n) is 27.0. The van der Waals surface area contributed by atoms with Crippen LogP contribution in [-0.2, 0) is 28.9 Å². The molecule has 1 aliphatic carbocycles. The van der Waals surface area contributed by atoms with Gasteiger partial charge in [-0.05, 0) is 109 Å². The monoisotopic (exact) mass is 891 g/mol. The summed E-state index contributed by atoms with van der Waals surface area (Å²) in [6.45, 7) is 12.7. The van der Waals surface area contributed by atoms with Crippen LogP contribution in [-0.4, -0.2) is 68.7 Å². The molecule has 63 heavy (non-hydrogen) atoms. The summed E-state index contributed by atoms with van der Waals surface area (Å²) in [5, 5.41) is 3.24. The van der Waals surface area contributed by atoms with Crippen LogP contribution in [0.2, 0.25) is 0 Å². The summed E-state index contributed by atoms with van der Waals surface area (Å²) in [5.41, 5.74) is 4.16. The second-order valence-electron chi connectivity index (χ2n) is 18.6. The lowest BCUT2D eigenvalue weighted by atomic mass is 9.89. The summed E-state index contributed by atoms with van der Waals surface area (Å²) in [7, 11) is 1.66. The maximum Gasteiger partial charge on any atom is 0.342 e. The zero-order valence-electron chi connectivity index (χ0n) is 42.1. The van der Waals surface area contributed by atoms with Gasteiger partial charge in [0.2, 0.25) is 5.96 Å². The zero-order chi connectivity index (χ0) is 45.7. The van der Waals surface area contributed by atoms with E-state index in [0.717, 1.165) is 71.1 Å². The Morgan fingerprint density at radius 1 is 0.603 bits per heavy atom. The average molecular weight is 891 g/mol. The molecular formula is C53H102N4O6. The van der Waals surface area contributed by atoms with E-state index in [-0.39, 0.29) is 5.97 Å². The van der Waals surface area contributed by atoms with Gasteiger partial charge in [0.05, 0.1) is 18.5 Å². The maximum absolute atomic E-state index is 12.2. The summed E-state index contributed by atoms with van der Waals surface area (Å²) in [6.07, 6.45) is 46.0. The molecule has 0 saturated heterocycles. The minimum absolute atomic E-state index is 0.0272. The van der Waals surface area contributed by atoms with Gasteiger partial charge in [-0.2, -0.15) is 5.48 Å². The van der Waals surface area contributed by atoms with Crippen molar-refractivity contribution in [1.82, 2.24) is 15.7 Å². The number of aliphatic imine (C=N–C) groups is 1. The van der Waals surface area contributed by atoms with Crippen LogP contribution in [0.1, 0.15) is 265 Å². The van der Waals surface area contributed by atoms with E-state index in [9.17, 15) is 9.59 Å². The standard InChI is InChI=1S/C53H102N4O6/c1-6-9-12-15-18-27-34-47-60-52(59)42-31-24-20-26-33-45-57(46-36-43-55-53(54-5)56-63-62-48(4)58)44-32-25-19-23-30-41-51(49-37-35-38-49)61-50(39-28-21-16-13-10-7-2)40-29-22-17-14-11-8-3/h50H,6-47H2,1-5H3,(H2,54,55,56). The van der Waals surface area contributed by atoms with E-state index >= 15 is 0 Å². The lowest BCUT2D eigenvalue weighted by Crippen LogP contribution is -2.39. The molecule has 0 amide bonds. The molecule has 1 fully saturated rings. The topological polar surface area (TPSA) is 111 Å². The van der Waals surface area contributed by atoms with Crippen molar-refractivity contribution >= 4 is 17.9 Å². The Kier molecular flexibility index (Phi) is 41.8. The molecule has 0 aromatic heterocycles. The van der Waals surface area contributed by atoms with E-state index < -0.39 is 5.97 Å². The summed E-state index contributed by atoms with van der Waals surface area (Å²) >= 11 is 0. The lowest BCUT2D eigenvalue weighted by molar-refractivity contribution is -0.293. The summed E-state index contributed by atoms with van der Waals surface area (Å²) in [4.78, 5) is 39.2. The Hall–Kier alpha value is -2.33. The van der Waals surface area contributed by atoms with Crippen molar-refractivity contribution in [2.45, 2.75) is 271 Å². The molecule has 0 unspecified atom stereocenters. The van der Waals surface area contributed by atoms with Gasteiger partial charge < -0.3 is 19.7 Å². The Balaban J connectivity index is 2.49. The van der Waals surface area contributed by atoms with Crippen molar-refractivity contribution in [2.75, 3.05) is 39.8 Å². The number of nitrogens with one attached hydrogen (secondary N) is 2. The van der Waals surface area contributed by atoms with Crippen molar-refractivity contribution in [3.8, 4) is 0 Å². The Labute approximate surface area is 388 Å². The van der Waals surface area contributed by atoms with Crippen LogP contribution in [0.15, 0.2) is 16.3 Å². The highest BCUT2D eigenvalue weighted by molar-refractivity contribution is 5.78. The van der Waals surface area contributed by atoms with E-state index in [2.05, 4.69) is 46.3 Å². The van der Waals surface area contributed by atoms with Gasteiger partial charge >= 0.3 is 11.9 Å². The van der Waals surface area contributed by atoms with Crippen molar-refractivity contribution < 1.29 is 28.9 Å². The first-order valence-corrected chi connectivity index (χ1v) is 27.0. The van der Waals surface area contributed by atoms with Gasteiger partial charge in [-0.25, -0.2) is 4.79 Å². The minimum Gasteiger partial charge on any atom is -0.495 e. The van der Waals surface area contributed by atoms with E-state index in [1.54, 1.807) is 12.6 Å². The molecule has 0 aliphatic heterocycles. The highest BCUT2D eigenvalue weighted by Gasteiger charge is 2.20. The number of nitrogens with zero attached hydrogens (tertiary/aromatic N) is 2. The Morgan fingerprint density at radius 3 is 1.59 bits per heavy atom. The fraction of sp³-hybridized carbons (Fsp3) is 0.906. The molecule has 0 radical (unpaired) electrons. The predicted octanol–water partition coefficient (Wildman–Crippen LogP) is 14.6. The average Bonchev–Trinajstić information content (AvgIpc) is 3.25. The molecule has 370 valence electrons. The normalized spacial score (nSPS) is 12.8. The fourth-order valence-electron chi connectivity index (χ4n) is 8.45. The Bertz CT molecular complexity index is 1100. The number of carbonyl (C=O) groups excluding carboxylic acids is 2. The second kappa shape index (κ2) is 44.9. The minimum atomic E-state index is -0.531. The molecule has 0 atom stereocenters. The molecule has 0 aromatic carbocycles. The van der Waals surface area contributed by atoms with Crippen molar-refractivity contribution in [2.24, 2.45) is 4.99 Å². The first kappa shape index (κ1) is 58.7. The smallest absolute Gasteiger partial charge is 0.342 e. The van der Waals surface area contributed by atoms with Gasteiger partial charge in [0.25, 0.3) is 0 Å². The molecule has 0 bridgehead atoms. The van der Waals surface area contributed by atoms with Crippen molar-refractivity contribution in [1.29, 1.82) is 0 Å². The van der Waals surface area contributed by atoms with Crippen LogP contribution >= 0.6 is 0 Å². The first-order chi connectivity index (χ1) is 30.9. The molecule has 10 nitrogen and oxygen atoms in total. The van der Waals surface area contributed by atoms with Crippen molar-refractivity contribution in [3.63, 3.8) is 0 Å². The highest BCUT2D eigenvalue weighted by atomic mass is 17.3. The number of ether oxygens (including phenoxy) is 2. The summed E-state index contributed by atoms with van der Waals surface area (Å²) < 4.78 is 12.5. The quantitative estimate of drug-likeness (QED) is 0.0117. The van der Waals surface area contributed by atoms with Gasteiger partial charge in [0, 0.05) is 33.4 Å². The lowest BCUT2D eigenvalue weighted by Gasteiger charge is -2.27. The molecular weight excluding hydrogens is 789 g/mol. The van der Waals surface area contributed by atoms with Crippen LogP contribution in [0.5, 0.6) is 0 Å². The number of carbonyl (C=O) groups is 2. The second-order valence-corrected chi connectivity index (χ2v) is 18.6. The molecule has 0 heterocycles. The third kappa shape index (κ3) is 37.6. The number of guanidine groups is 1. The van der Waals surface area contributed by atoms with Crippen LogP contribution in [0.3, 0.4) is 0 Å². The third-order valence-electron chi connectivity index (χ3n) is 12.6. The predicted molar refractivity (Wildman–Crippen MR) is 264 cm³/mol. The van der Waals surface area contributed by atoms with Gasteiger partial charge in [0.1, 0.15) is 0 Å². The molecule has 1 rings (SSSR count). The Morgan fingerprint density at radius 2 is 1.08 bits per heavy atom. The molecule has 0 aromatic rings. The number of hydrogen-bond acceptors (Lipinski definition) is 8. The molecule has 2 N–H and O–H groups in total. The molecule has 1 saturated carbocycles. The number of unbranched alkanes of at least 4 members (excludes halogenated alkanes) is 24.